The molecule has 0 aliphatic carbocycles. The second kappa shape index (κ2) is 10.2. The number of amides is 1. The molecular weight excluding hydrogens is 324 g/mol. The average Bonchev–Trinajstić information content (AvgIpc) is 3.15. The highest BCUT2D eigenvalue weighted by atomic mass is 16.1. The van der Waals surface area contributed by atoms with Crippen LogP contribution in [0.3, 0.4) is 0 Å². The van der Waals surface area contributed by atoms with E-state index in [0.717, 1.165) is 43.0 Å². The lowest BCUT2D eigenvalue weighted by Crippen LogP contribution is -2.40. The SMILES string of the molecule is CCNC(=NCc1ccc(C(=O)NC)cc1)N1CCC(C(CC)CC)C1. The van der Waals surface area contributed by atoms with Gasteiger partial charge >= 0.3 is 0 Å². The molecule has 26 heavy (non-hydrogen) atoms. The van der Waals surface area contributed by atoms with Crippen LogP contribution in [-0.4, -0.2) is 43.4 Å². The summed E-state index contributed by atoms with van der Waals surface area (Å²) in [5.74, 6) is 2.55. The average molecular weight is 359 g/mol. The first-order chi connectivity index (χ1) is 12.6. The van der Waals surface area contributed by atoms with Crippen molar-refractivity contribution < 1.29 is 4.79 Å². The van der Waals surface area contributed by atoms with E-state index in [4.69, 9.17) is 4.99 Å². The number of rotatable bonds is 7. The van der Waals surface area contributed by atoms with Gasteiger partial charge in [-0.2, -0.15) is 0 Å². The van der Waals surface area contributed by atoms with Crippen LogP contribution in [0.1, 0.15) is 56.0 Å². The summed E-state index contributed by atoms with van der Waals surface area (Å²) in [6.07, 6.45) is 3.79. The predicted molar refractivity (Wildman–Crippen MR) is 108 cm³/mol. The van der Waals surface area contributed by atoms with Crippen molar-refractivity contribution in [2.45, 2.75) is 46.6 Å². The Morgan fingerprint density at radius 3 is 2.50 bits per heavy atom. The summed E-state index contributed by atoms with van der Waals surface area (Å²) in [5, 5.41) is 6.09. The van der Waals surface area contributed by atoms with E-state index in [9.17, 15) is 4.79 Å². The zero-order chi connectivity index (χ0) is 18.9. The van der Waals surface area contributed by atoms with Gasteiger partial charge in [0.2, 0.25) is 0 Å². The second-order valence-electron chi connectivity index (χ2n) is 7.02. The molecule has 5 nitrogen and oxygen atoms in total. The van der Waals surface area contributed by atoms with Crippen LogP contribution in [0.5, 0.6) is 0 Å². The molecule has 1 aromatic rings. The van der Waals surface area contributed by atoms with Crippen LogP contribution in [0.15, 0.2) is 29.3 Å². The summed E-state index contributed by atoms with van der Waals surface area (Å²) in [6, 6.07) is 7.68. The topological polar surface area (TPSA) is 56.7 Å². The quantitative estimate of drug-likeness (QED) is 0.581. The van der Waals surface area contributed by atoms with Crippen molar-refractivity contribution >= 4 is 11.9 Å². The predicted octanol–water partition coefficient (Wildman–Crippen LogP) is 3.27. The molecule has 1 fully saturated rings. The molecule has 0 spiro atoms. The molecule has 0 bridgehead atoms. The fourth-order valence-electron chi connectivity index (χ4n) is 3.82. The van der Waals surface area contributed by atoms with Crippen molar-refractivity contribution in [3.63, 3.8) is 0 Å². The lowest BCUT2D eigenvalue weighted by molar-refractivity contribution is 0.0963. The Bertz CT molecular complexity index is 593. The van der Waals surface area contributed by atoms with Crippen LogP contribution in [0.25, 0.3) is 0 Å². The van der Waals surface area contributed by atoms with Crippen LogP contribution in [-0.2, 0) is 6.54 Å². The first-order valence-electron chi connectivity index (χ1n) is 9.97. The first kappa shape index (κ1) is 20.3. The number of likely N-dealkylation sites (tertiary alicyclic amines) is 1. The third kappa shape index (κ3) is 5.23. The number of aliphatic imine (C=N–C) groups is 1. The van der Waals surface area contributed by atoms with Crippen molar-refractivity contribution in [2.24, 2.45) is 16.8 Å². The van der Waals surface area contributed by atoms with Crippen molar-refractivity contribution in [1.29, 1.82) is 0 Å². The molecular formula is C21H34N4O. The Balaban J connectivity index is 2.01. The molecule has 0 aromatic heterocycles. The van der Waals surface area contributed by atoms with E-state index < -0.39 is 0 Å². The fraction of sp³-hybridized carbons (Fsp3) is 0.619. The summed E-state index contributed by atoms with van der Waals surface area (Å²) < 4.78 is 0. The van der Waals surface area contributed by atoms with Crippen molar-refractivity contribution in [2.75, 3.05) is 26.7 Å². The number of carbonyl (C=O) groups excluding carboxylic acids is 1. The van der Waals surface area contributed by atoms with Gasteiger partial charge in [0.15, 0.2) is 5.96 Å². The molecule has 1 unspecified atom stereocenters. The summed E-state index contributed by atoms with van der Waals surface area (Å²) >= 11 is 0. The van der Waals surface area contributed by atoms with Gasteiger partial charge in [-0.1, -0.05) is 38.8 Å². The van der Waals surface area contributed by atoms with Gasteiger partial charge in [-0.15, -0.1) is 0 Å². The third-order valence-corrected chi connectivity index (χ3v) is 5.43. The van der Waals surface area contributed by atoms with Gasteiger partial charge in [-0.05, 0) is 42.9 Å². The number of hydrogen-bond acceptors (Lipinski definition) is 2. The van der Waals surface area contributed by atoms with Crippen molar-refractivity contribution in [1.82, 2.24) is 15.5 Å². The van der Waals surface area contributed by atoms with Gasteiger partial charge in [0, 0.05) is 32.2 Å². The zero-order valence-electron chi connectivity index (χ0n) is 16.7. The highest BCUT2D eigenvalue weighted by molar-refractivity contribution is 5.93. The molecule has 2 rings (SSSR count). The molecule has 1 aromatic carbocycles. The van der Waals surface area contributed by atoms with Crippen molar-refractivity contribution in [3.8, 4) is 0 Å². The Labute approximate surface area is 158 Å². The largest absolute Gasteiger partial charge is 0.357 e. The number of carbonyl (C=O) groups is 1. The van der Waals surface area contributed by atoms with Crippen LogP contribution < -0.4 is 10.6 Å². The molecule has 1 saturated heterocycles. The minimum atomic E-state index is -0.0575. The van der Waals surface area contributed by atoms with Crippen LogP contribution in [0.2, 0.25) is 0 Å². The van der Waals surface area contributed by atoms with E-state index in [1.165, 1.54) is 19.3 Å². The summed E-state index contributed by atoms with van der Waals surface area (Å²) in [4.78, 5) is 18.9. The van der Waals surface area contributed by atoms with Gasteiger partial charge in [-0.3, -0.25) is 4.79 Å². The molecule has 1 aliphatic rings. The molecule has 0 saturated carbocycles. The van der Waals surface area contributed by atoms with Crippen LogP contribution in [0, 0.1) is 11.8 Å². The number of nitrogens with one attached hydrogen (secondary N) is 2. The molecule has 0 radical (unpaired) electrons. The number of nitrogens with zero attached hydrogens (tertiary/aromatic N) is 2. The van der Waals surface area contributed by atoms with Crippen LogP contribution >= 0.6 is 0 Å². The van der Waals surface area contributed by atoms with E-state index in [1.807, 2.05) is 24.3 Å². The summed E-state index contributed by atoms with van der Waals surface area (Å²) in [7, 11) is 1.65. The molecule has 1 atom stereocenters. The molecule has 1 amide bonds. The number of hydrogen-bond donors (Lipinski definition) is 2. The smallest absolute Gasteiger partial charge is 0.251 e. The van der Waals surface area contributed by atoms with E-state index in [-0.39, 0.29) is 5.91 Å². The fourth-order valence-corrected chi connectivity index (χ4v) is 3.82. The van der Waals surface area contributed by atoms with E-state index in [1.54, 1.807) is 7.05 Å². The maximum atomic E-state index is 11.6. The Morgan fingerprint density at radius 2 is 1.92 bits per heavy atom. The standard InChI is InChI=1S/C21H34N4O/c1-5-17(6-2)19-12-13-25(15-19)21(23-7-3)24-14-16-8-10-18(11-9-16)20(26)22-4/h8-11,17,19H,5-7,12-15H2,1-4H3,(H,22,26)(H,23,24). The minimum Gasteiger partial charge on any atom is -0.357 e. The van der Waals surface area contributed by atoms with E-state index >= 15 is 0 Å². The van der Waals surface area contributed by atoms with Crippen LogP contribution in [0.4, 0.5) is 0 Å². The Morgan fingerprint density at radius 1 is 1.23 bits per heavy atom. The normalized spacial score (nSPS) is 17.7. The monoisotopic (exact) mass is 358 g/mol. The van der Waals surface area contributed by atoms with Crippen molar-refractivity contribution in [3.05, 3.63) is 35.4 Å². The lowest BCUT2D eigenvalue weighted by atomic mass is 9.87. The zero-order valence-corrected chi connectivity index (χ0v) is 16.7. The van der Waals surface area contributed by atoms with Gasteiger partial charge in [0.05, 0.1) is 6.54 Å². The van der Waals surface area contributed by atoms with Gasteiger partial charge in [0.1, 0.15) is 0 Å². The lowest BCUT2D eigenvalue weighted by Gasteiger charge is -2.24. The van der Waals surface area contributed by atoms with E-state index in [0.29, 0.717) is 12.1 Å². The number of guanidine groups is 1. The molecule has 144 valence electrons. The highest BCUT2D eigenvalue weighted by Crippen LogP contribution is 2.28. The highest BCUT2D eigenvalue weighted by Gasteiger charge is 2.29. The molecule has 2 N–H and O–H groups in total. The second-order valence-corrected chi connectivity index (χ2v) is 7.02. The van der Waals surface area contributed by atoms with E-state index in [2.05, 4.69) is 36.3 Å². The summed E-state index contributed by atoms with van der Waals surface area (Å²) in [5.41, 5.74) is 1.79. The maximum Gasteiger partial charge on any atom is 0.251 e. The maximum absolute atomic E-state index is 11.6. The number of benzene rings is 1. The summed E-state index contributed by atoms with van der Waals surface area (Å²) in [6.45, 7) is 10.4. The van der Waals surface area contributed by atoms with Gasteiger partial charge < -0.3 is 15.5 Å². The van der Waals surface area contributed by atoms with Gasteiger partial charge in [0.25, 0.3) is 5.91 Å². The molecule has 1 heterocycles. The van der Waals surface area contributed by atoms with Gasteiger partial charge in [-0.25, -0.2) is 4.99 Å². The molecule has 1 aliphatic heterocycles. The molecule has 5 heteroatoms. The first-order valence-corrected chi connectivity index (χ1v) is 9.97. The minimum absolute atomic E-state index is 0.0575. The third-order valence-electron chi connectivity index (χ3n) is 5.43. The Kier molecular flexibility index (Phi) is 7.95. The Hall–Kier alpha value is -2.04.